The van der Waals surface area contributed by atoms with Gasteiger partial charge >= 0.3 is 0 Å². The Morgan fingerprint density at radius 1 is 1.53 bits per heavy atom. The van der Waals surface area contributed by atoms with Crippen molar-refractivity contribution in [3.05, 3.63) is 17.5 Å². The Hall–Kier alpha value is -0.880. The van der Waals surface area contributed by atoms with Crippen LogP contribution >= 0.6 is 0 Å². The summed E-state index contributed by atoms with van der Waals surface area (Å²) in [7, 11) is -2.94. The molecule has 0 aliphatic rings. The summed E-state index contributed by atoms with van der Waals surface area (Å²) in [5.41, 5.74) is 7.57. The predicted octanol–water partition coefficient (Wildman–Crippen LogP) is -0.0512. The zero-order valence-corrected chi connectivity index (χ0v) is 9.92. The second-order valence-corrected chi connectivity index (χ2v) is 5.79. The number of nitrogens with zero attached hydrogens (tertiary/aromatic N) is 2. The van der Waals surface area contributed by atoms with Crippen molar-refractivity contribution in [3.8, 4) is 0 Å². The fourth-order valence-corrected chi connectivity index (χ4v) is 1.98. The molecule has 0 saturated carbocycles. The summed E-state index contributed by atoms with van der Waals surface area (Å²) >= 11 is 0. The summed E-state index contributed by atoms with van der Waals surface area (Å²) in [6, 6.07) is 0. The molecule has 1 heterocycles. The van der Waals surface area contributed by atoms with Crippen molar-refractivity contribution >= 4 is 9.84 Å². The molecule has 0 saturated heterocycles. The van der Waals surface area contributed by atoms with Gasteiger partial charge in [-0.3, -0.25) is 4.68 Å². The average Bonchev–Trinajstić information content (AvgIpc) is 2.55. The van der Waals surface area contributed by atoms with Gasteiger partial charge in [-0.1, -0.05) is 6.92 Å². The van der Waals surface area contributed by atoms with Gasteiger partial charge in [-0.25, -0.2) is 8.42 Å². The molecule has 0 unspecified atom stereocenters. The lowest BCUT2D eigenvalue weighted by atomic mass is 10.2. The number of aryl methyl sites for hydroxylation is 1. The van der Waals surface area contributed by atoms with E-state index in [0.717, 1.165) is 17.7 Å². The Kier molecular flexibility index (Phi) is 3.87. The SMILES string of the molecule is CCc1c(CN)cnn1CCS(C)(=O)=O. The molecule has 0 aliphatic heterocycles. The molecule has 0 fully saturated rings. The third-order valence-corrected chi connectivity index (χ3v) is 3.19. The van der Waals surface area contributed by atoms with E-state index < -0.39 is 9.84 Å². The topological polar surface area (TPSA) is 78.0 Å². The molecule has 1 aromatic rings. The Morgan fingerprint density at radius 3 is 2.67 bits per heavy atom. The van der Waals surface area contributed by atoms with Gasteiger partial charge in [0.15, 0.2) is 0 Å². The largest absolute Gasteiger partial charge is 0.326 e. The first-order chi connectivity index (χ1) is 6.98. The van der Waals surface area contributed by atoms with Gasteiger partial charge in [0, 0.05) is 24.1 Å². The van der Waals surface area contributed by atoms with Crippen LogP contribution in [0.15, 0.2) is 6.20 Å². The van der Waals surface area contributed by atoms with Crippen LogP contribution in [0.25, 0.3) is 0 Å². The highest BCUT2D eigenvalue weighted by Crippen LogP contribution is 2.08. The minimum atomic E-state index is -2.94. The van der Waals surface area contributed by atoms with Gasteiger partial charge in [-0.05, 0) is 6.42 Å². The summed E-state index contributed by atoms with van der Waals surface area (Å²) in [5, 5.41) is 4.13. The first-order valence-electron chi connectivity index (χ1n) is 4.89. The number of nitrogens with two attached hydrogens (primary N) is 1. The zero-order chi connectivity index (χ0) is 11.5. The van der Waals surface area contributed by atoms with E-state index >= 15 is 0 Å². The van der Waals surface area contributed by atoms with Gasteiger partial charge in [0.1, 0.15) is 9.84 Å². The molecular weight excluding hydrogens is 214 g/mol. The number of hydrogen-bond acceptors (Lipinski definition) is 4. The highest BCUT2D eigenvalue weighted by molar-refractivity contribution is 7.90. The molecule has 5 nitrogen and oxygen atoms in total. The van der Waals surface area contributed by atoms with Crippen molar-refractivity contribution in [1.29, 1.82) is 0 Å². The third-order valence-electron chi connectivity index (χ3n) is 2.26. The predicted molar refractivity (Wildman–Crippen MR) is 59.2 cm³/mol. The van der Waals surface area contributed by atoms with Crippen molar-refractivity contribution in [1.82, 2.24) is 9.78 Å². The summed E-state index contributed by atoms with van der Waals surface area (Å²) in [6.45, 7) is 2.86. The Bertz CT molecular complexity index is 423. The highest BCUT2D eigenvalue weighted by Gasteiger charge is 2.09. The maximum Gasteiger partial charge on any atom is 0.149 e. The van der Waals surface area contributed by atoms with Crippen LogP contribution in [0.4, 0.5) is 0 Å². The molecule has 15 heavy (non-hydrogen) atoms. The van der Waals surface area contributed by atoms with E-state index in [2.05, 4.69) is 5.10 Å². The molecule has 6 heteroatoms. The molecule has 2 N–H and O–H groups in total. The van der Waals surface area contributed by atoms with Crippen molar-refractivity contribution in [2.24, 2.45) is 5.73 Å². The molecule has 0 amide bonds. The normalized spacial score (nSPS) is 11.9. The molecule has 0 spiro atoms. The zero-order valence-electron chi connectivity index (χ0n) is 9.10. The first-order valence-corrected chi connectivity index (χ1v) is 6.95. The molecule has 86 valence electrons. The van der Waals surface area contributed by atoms with Crippen LogP contribution < -0.4 is 5.73 Å². The van der Waals surface area contributed by atoms with Gasteiger partial charge in [0.25, 0.3) is 0 Å². The van der Waals surface area contributed by atoms with Gasteiger partial charge in [-0.15, -0.1) is 0 Å². The van der Waals surface area contributed by atoms with Gasteiger partial charge in [0.05, 0.1) is 18.5 Å². The van der Waals surface area contributed by atoms with Crippen LogP contribution in [0.3, 0.4) is 0 Å². The van der Waals surface area contributed by atoms with E-state index in [0.29, 0.717) is 13.1 Å². The maximum absolute atomic E-state index is 11.0. The van der Waals surface area contributed by atoms with E-state index in [4.69, 9.17) is 5.73 Å². The van der Waals surface area contributed by atoms with Crippen LogP contribution in [0.5, 0.6) is 0 Å². The average molecular weight is 231 g/mol. The van der Waals surface area contributed by atoms with Crippen LogP contribution in [-0.2, 0) is 29.3 Å². The van der Waals surface area contributed by atoms with Crippen molar-refractivity contribution in [2.75, 3.05) is 12.0 Å². The highest BCUT2D eigenvalue weighted by atomic mass is 32.2. The van der Waals surface area contributed by atoms with Crippen LogP contribution in [0.1, 0.15) is 18.2 Å². The molecular formula is C9H17N3O2S. The van der Waals surface area contributed by atoms with Crippen molar-refractivity contribution in [3.63, 3.8) is 0 Å². The second-order valence-electron chi connectivity index (χ2n) is 3.53. The lowest BCUT2D eigenvalue weighted by molar-refractivity contribution is 0.578. The third kappa shape index (κ3) is 3.32. The van der Waals surface area contributed by atoms with Crippen molar-refractivity contribution < 1.29 is 8.42 Å². The minimum Gasteiger partial charge on any atom is -0.326 e. The minimum absolute atomic E-state index is 0.117. The quantitative estimate of drug-likeness (QED) is 0.770. The standard InChI is InChI=1S/C9H17N3O2S/c1-3-9-8(6-10)7-11-12(9)4-5-15(2,13)14/h7H,3-6,10H2,1-2H3. The van der Waals surface area contributed by atoms with Crippen molar-refractivity contribution in [2.45, 2.75) is 26.4 Å². The van der Waals surface area contributed by atoms with Crippen LogP contribution in [-0.4, -0.2) is 30.2 Å². The fraction of sp³-hybridized carbons (Fsp3) is 0.667. The van der Waals surface area contributed by atoms with Gasteiger partial charge in [-0.2, -0.15) is 5.10 Å². The Labute approximate surface area is 90.2 Å². The molecule has 0 radical (unpaired) electrons. The number of rotatable bonds is 5. The molecule has 0 aliphatic carbocycles. The van der Waals surface area contributed by atoms with E-state index in [-0.39, 0.29) is 5.75 Å². The molecule has 0 bridgehead atoms. The molecule has 0 atom stereocenters. The van der Waals surface area contributed by atoms with Crippen LogP contribution in [0.2, 0.25) is 0 Å². The molecule has 0 aromatic carbocycles. The maximum atomic E-state index is 11.0. The number of sulfone groups is 1. The molecule has 1 rings (SSSR count). The van der Waals surface area contributed by atoms with Gasteiger partial charge in [0.2, 0.25) is 0 Å². The second kappa shape index (κ2) is 4.76. The fourth-order valence-electron chi connectivity index (χ4n) is 1.47. The summed E-state index contributed by atoms with van der Waals surface area (Å²) in [5.74, 6) is 0.117. The number of aromatic nitrogens is 2. The lowest BCUT2D eigenvalue weighted by Gasteiger charge is -2.06. The summed E-state index contributed by atoms with van der Waals surface area (Å²) in [4.78, 5) is 0. The monoisotopic (exact) mass is 231 g/mol. The lowest BCUT2D eigenvalue weighted by Crippen LogP contribution is -2.14. The summed E-state index contributed by atoms with van der Waals surface area (Å²) < 4.78 is 23.8. The summed E-state index contributed by atoms with van der Waals surface area (Å²) in [6.07, 6.45) is 3.75. The van der Waals surface area contributed by atoms with Gasteiger partial charge < -0.3 is 5.73 Å². The van der Waals surface area contributed by atoms with E-state index in [1.165, 1.54) is 6.26 Å². The first kappa shape index (κ1) is 12.2. The van der Waals surface area contributed by atoms with Crippen LogP contribution in [0, 0.1) is 0 Å². The van der Waals surface area contributed by atoms with E-state index in [1.807, 2.05) is 6.92 Å². The number of hydrogen-bond donors (Lipinski definition) is 1. The smallest absolute Gasteiger partial charge is 0.149 e. The molecule has 1 aromatic heterocycles. The van der Waals surface area contributed by atoms with E-state index in [1.54, 1.807) is 10.9 Å². The Morgan fingerprint density at radius 2 is 2.20 bits per heavy atom. The Balaban J connectivity index is 2.81. The van der Waals surface area contributed by atoms with E-state index in [9.17, 15) is 8.42 Å².